The summed E-state index contributed by atoms with van der Waals surface area (Å²) in [6.07, 6.45) is 0. The van der Waals surface area contributed by atoms with E-state index in [1.54, 1.807) is 42.9 Å². The second-order valence-corrected chi connectivity index (χ2v) is 7.27. The molecule has 1 heterocycles. The second-order valence-electron chi connectivity index (χ2n) is 5.39. The molecule has 1 aromatic heterocycles. The van der Waals surface area contributed by atoms with Crippen LogP contribution in [0.5, 0.6) is 0 Å². The van der Waals surface area contributed by atoms with Crippen molar-refractivity contribution < 1.29 is 13.2 Å². The molecule has 0 atom stereocenters. The number of aryl methyl sites for hydroxylation is 1. The van der Waals surface area contributed by atoms with E-state index in [1.165, 1.54) is 0 Å². The van der Waals surface area contributed by atoms with Gasteiger partial charge >= 0.3 is 0 Å². The third-order valence-electron chi connectivity index (χ3n) is 3.93. The van der Waals surface area contributed by atoms with Crippen LogP contribution in [0.15, 0.2) is 34.1 Å². The highest BCUT2D eigenvalue weighted by molar-refractivity contribution is 7.91. The van der Waals surface area contributed by atoms with Crippen molar-refractivity contribution in [2.24, 2.45) is 0 Å². The van der Waals surface area contributed by atoms with Crippen LogP contribution in [0.1, 0.15) is 16.8 Å². The van der Waals surface area contributed by atoms with E-state index >= 15 is 0 Å². The molecular formula is C16H22N2O3S. The zero-order valence-electron chi connectivity index (χ0n) is 13.4. The number of hydrogen-bond donors (Lipinski definition) is 1. The SMILES string of the molecule is COCCn1c(C)c(C)c(S(=O)(=O)c2ccc(C)cc2)c1N. The van der Waals surface area contributed by atoms with Crippen LogP contribution in [0.4, 0.5) is 5.82 Å². The first-order chi connectivity index (χ1) is 10.3. The van der Waals surface area contributed by atoms with E-state index in [-0.39, 0.29) is 15.6 Å². The summed E-state index contributed by atoms with van der Waals surface area (Å²) in [6, 6.07) is 6.80. The molecule has 0 aliphatic carbocycles. The van der Waals surface area contributed by atoms with Gasteiger partial charge in [-0.1, -0.05) is 17.7 Å². The maximum atomic E-state index is 12.9. The molecule has 2 N–H and O–H groups in total. The number of nitrogens with zero attached hydrogens (tertiary/aromatic N) is 1. The monoisotopic (exact) mass is 322 g/mol. The Morgan fingerprint density at radius 3 is 2.27 bits per heavy atom. The van der Waals surface area contributed by atoms with Gasteiger partial charge in [-0.3, -0.25) is 0 Å². The van der Waals surface area contributed by atoms with Crippen molar-refractivity contribution in [3.8, 4) is 0 Å². The molecule has 6 heteroatoms. The van der Waals surface area contributed by atoms with Crippen molar-refractivity contribution in [1.82, 2.24) is 4.57 Å². The molecule has 0 radical (unpaired) electrons. The largest absolute Gasteiger partial charge is 0.384 e. The summed E-state index contributed by atoms with van der Waals surface area (Å²) in [6.45, 7) is 6.58. The van der Waals surface area contributed by atoms with Crippen molar-refractivity contribution >= 4 is 15.7 Å². The van der Waals surface area contributed by atoms with Gasteiger partial charge in [-0.2, -0.15) is 0 Å². The number of nitrogen functional groups attached to an aromatic ring is 1. The number of sulfone groups is 1. The first-order valence-corrected chi connectivity index (χ1v) is 8.55. The minimum atomic E-state index is -3.63. The molecule has 2 rings (SSSR count). The molecule has 0 amide bonds. The molecule has 0 saturated heterocycles. The molecule has 22 heavy (non-hydrogen) atoms. The summed E-state index contributed by atoms with van der Waals surface area (Å²) in [7, 11) is -2.03. The predicted octanol–water partition coefficient (Wildman–Crippen LogP) is 2.47. The molecule has 120 valence electrons. The highest BCUT2D eigenvalue weighted by Gasteiger charge is 2.28. The van der Waals surface area contributed by atoms with Crippen molar-refractivity contribution in [1.29, 1.82) is 0 Å². The van der Waals surface area contributed by atoms with Gasteiger partial charge in [0.2, 0.25) is 9.84 Å². The van der Waals surface area contributed by atoms with Gasteiger partial charge in [0, 0.05) is 19.3 Å². The number of nitrogens with two attached hydrogens (primary N) is 1. The first-order valence-electron chi connectivity index (χ1n) is 7.06. The zero-order chi connectivity index (χ0) is 16.5. The van der Waals surface area contributed by atoms with Crippen LogP contribution in [-0.2, 0) is 21.1 Å². The van der Waals surface area contributed by atoms with Gasteiger partial charge in [0.25, 0.3) is 0 Å². The van der Waals surface area contributed by atoms with Crippen LogP contribution in [0.2, 0.25) is 0 Å². The summed E-state index contributed by atoms with van der Waals surface area (Å²) in [5, 5.41) is 0. The van der Waals surface area contributed by atoms with Crippen molar-refractivity contribution in [2.75, 3.05) is 19.5 Å². The minimum Gasteiger partial charge on any atom is -0.384 e. The lowest BCUT2D eigenvalue weighted by atomic mass is 10.2. The molecule has 1 aromatic carbocycles. The Morgan fingerprint density at radius 2 is 1.73 bits per heavy atom. The van der Waals surface area contributed by atoms with E-state index in [2.05, 4.69) is 0 Å². The van der Waals surface area contributed by atoms with E-state index in [4.69, 9.17) is 10.5 Å². The Balaban J connectivity index is 2.59. The Bertz CT molecular complexity index is 775. The Morgan fingerprint density at radius 1 is 1.14 bits per heavy atom. The highest BCUT2D eigenvalue weighted by atomic mass is 32.2. The van der Waals surface area contributed by atoms with Gasteiger partial charge in [0.15, 0.2) is 0 Å². The van der Waals surface area contributed by atoms with Gasteiger partial charge in [-0.05, 0) is 38.5 Å². The topological polar surface area (TPSA) is 74.3 Å². The fourth-order valence-electron chi connectivity index (χ4n) is 2.51. The van der Waals surface area contributed by atoms with Crippen LogP contribution >= 0.6 is 0 Å². The molecule has 0 bridgehead atoms. The van der Waals surface area contributed by atoms with Crippen molar-refractivity contribution in [3.05, 3.63) is 41.1 Å². The van der Waals surface area contributed by atoms with E-state index in [0.717, 1.165) is 11.3 Å². The summed E-state index contributed by atoms with van der Waals surface area (Å²) in [5.41, 5.74) is 8.68. The van der Waals surface area contributed by atoms with Crippen molar-refractivity contribution in [2.45, 2.75) is 37.1 Å². The fourth-order valence-corrected chi connectivity index (χ4v) is 4.17. The van der Waals surface area contributed by atoms with Gasteiger partial charge < -0.3 is 15.0 Å². The normalized spacial score (nSPS) is 11.8. The average molecular weight is 322 g/mol. The smallest absolute Gasteiger partial charge is 0.210 e. The van der Waals surface area contributed by atoms with Crippen molar-refractivity contribution in [3.63, 3.8) is 0 Å². The number of anilines is 1. The molecule has 2 aromatic rings. The summed E-state index contributed by atoms with van der Waals surface area (Å²) in [5.74, 6) is 0.271. The molecule has 0 spiro atoms. The van der Waals surface area contributed by atoms with Crippen LogP contribution in [0.3, 0.4) is 0 Å². The summed E-state index contributed by atoms with van der Waals surface area (Å²) < 4.78 is 32.7. The third-order valence-corrected chi connectivity index (χ3v) is 5.88. The number of hydrogen-bond acceptors (Lipinski definition) is 4. The molecule has 0 saturated carbocycles. The molecule has 0 aliphatic rings. The van der Waals surface area contributed by atoms with Gasteiger partial charge in [-0.25, -0.2) is 8.42 Å². The lowest BCUT2D eigenvalue weighted by molar-refractivity contribution is 0.187. The van der Waals surface area contributed by atoms with E-state index in [9.17, 15) is 8.42 Å². The second kappa shape index (κ2) is 6.14. The van der Waals surface area contributed by atoms with E-state index in [0.29, 0.717) is 18.7 Å². The summed E-state index contributed by atoms with van der Waals surface area (Å²) in [4.78, 5) is 0.460. The molecular weight excluding hydrogens is 300 g/mol. The highest BCUT2D eigenvalue weighted by Crippen LogP contribution is 2.33. The lowest BCUT2D eigenvalue weighted by Gasteiger charge is -2.09. The lowest BCUT2D eigenvalue weighted by Crippen LogP contribution is -2.11. The zero-order valence-corrected chi connectivity index (χ0v) is 14.2. The van der Waals surface area contributed by atoms with Crippen LogP contribution in [0, 0.1) is 20.8 Å². The number of benzene rings is 1. The average Bonchev–Trinajstić information content (AvgIpc) is 2.68. The number of rotatable bonds is 5. The third kappa shape index (κ3) is 2.76. The molecule has 5 nitrogen and oxygen atoms in total. The number of methoxy groups -OCH3 is 1. The van der Waals surface area contributed by atoms with Crippen LogP contribution < -0.4 is 5.73 Å². The summed E-state index contributed by atoms with van der Waals surface area (Å²) >= 11 is 0. The quantitative estimate of drug-likeness (QED) is 0.917. The Kier molecular flexibility index (Phi) is 4.63. The van der Waals surface area contributed by atoms with Crippen LogP contribution in [0.25, 0.3) is 0 Å². The number of ether oxygens (including phenoxy) is 1. The standard InChI is InChI=1S/C16H22N2O3S/c1-11-5-7-14(8-6-11)22(19,20)15-12(2)13(3)18(16(15)17)9-10-21-4/h5-8H,9-10,17H2,1-4H3. The van der Waals surface area contributed by atoms with E-state index < -0.39 is 9.84 Å². The van der Waals surface area contributed by atoms with Crippen LogP contribution in [-0.4, -0.2) is 26.7 Å². The minimum absolute atomic E-state index is 0.199. The van der Waals surface area contributed by atoms with Gasteiger partial charge in [-0.15, -0.1) is 0 Å². The maximum absolute atomic E-state index is 12.9. The first kappa shape index (κ1) is 16.6. The Labute approximate surface area is 131 Å². The Hall–Kier alpha value is -1.79. The van der Waals surface area contributed by atoms with Gasteiger partial charge in [0.1, 0.15) is 10.7 Å². The maximum Gasteiger partial charge on any atom is 0.210 e. The number of aromatic nitrogens is 1. The molecule has 0 aliphatic heterocycles. The molecule has 0 unspecified atom stereocenters. The van der Waals surface area contributed by atoms with E-state index in [1.807, 2.05) is 13.8 Å². The fraction of sp³-hybridized carbons (Fsp3) is 0.375. The predicted molar refractivity (Wildman–Crippen MR) is 86.8 cm³/mol. The molecule has 0 fully saturated rings. The van der Waals surface area contributed by atoms with Gasteiger partial charge in [0.05, 0.1) is 11.5 Å².